The molecule has 1 aromatic carbocycles. The van der Waals surface area contributed by atoms with E-state index in [1.807, 2.05) is 0 Å². The second-order valence-electron chi connectivity index (χ2n) is 2.49. The number of aryl methyl sites for hydroxylation is 1. The molecule has 1 N–H and O–H groups in total. The maximum atomic E-state index is 13.2. The Kier molecular flexibility index (Phi) is 2.93. The van der Waals surface area contributed by atoms with Gasteiger partial charge < -0.3 is 5.11 Å². The largest absolute Gasteiger partial charge is 0.478 e. The van der Waals surface area contributed by atoms with Gasteiger partial charge in [0.05, 0.1) is 15.1 Å². The average molecular weight is 267 g/mol. The second kappa shape index (κ2) is 3.64. The third-order valence-electron chi connectivity index (χ3n) is 1.56. The topological polar surface area (TPSA) is 37.3 Å². The maximum absolute atomic E-state index is 13.2. The lowest BCUT2D eigenvalue weighted by atomic mass is 10.1. The molecular weight excluding hydrogens is 262 g/mol. The van der Waals surface area contributed by atoms with Crippen LogP contribution in [0.5, 0.6) is 0 Å². The summed E-state index contributed by atoms with van der Waals surface area (Å²) in [6.45, 7) is 1.59. The summed E-state index contributed by atoms with van der Waals surface area (Å²) in [5, 5.41) is 8.27. The number of carboxylic acid groups (broad SMARTS) is 1. The zero-order chi connectivity index (χ0) is 10.2. The SMILES string of the molecule is Cc1cc(C(=O)O)c(Cl)c(F)c1Br. The number of hydrogen-bond donors (Lipinski definition) is 1. The first-order valence-electron chi connectivity index (χ1n) is 3.32. The highest BCUT2D eigenvalue weighted by Crippen LogP contribution is 2.29. The number of rotatable bonds is 1. The molecule has 0 heterocycles. The Morgan fingerprint density at radius 2 is 2.23 bits per heavy atom. The Balaban J connectivity index is 3.50. The third-order valence-corrected chi connectivity index (χ3v) is 2.90. The van der Waals surface area contributed by atoms with Crippen LogP contribution >= 0.6 is 27.5 Å². The Morgan fingerprint density at radius 1 is 1.69 bits per heavy atom. The Bertz CT molecular complexity index is 379. The minimum Gasteiger partial charge on any atom is -0.478 e. The van der Waals surface area contributed by atoms with Gasteiger partial charge in [-0.2, -0.15) is 0 Å². The average Bonchev–Trinajstić information content (AvgIpc) is 2.07. The molecule has 0 amide bonds. The van der Waals surface area contributed by atoms with Crippen LogP contribution in [-0.4, -0.2) is 11.1 Å². The summed E-state index contributed by atoms with van der Waals surface area (Å²) in [7, 11) is 0. The predicted octanol–water partition coefficient (Wildman–Crippen LogP) is 3.25. The molecule has 0 radical (unpaired) electrons. The van der Waals surface area contributed by atoms with Gasteiger partial charge in [0.15, 0.2) is 5.82 Å². The zero-order valence-corrected chi connectivity index (χ0v) is 8.91. The molecule has 13 heavy (non-hydrogen) atoms. The molecule has 0 bridgehead atoms. The molecule has 0 aliphatic heterocycles. The minimum absolute atomic E-state index is 0.197. The molecule has 0 spiro atoms. The first-order valence-corrected chi connectivity index (χ1v) is 4.49. The van der Waals surface area contributed by atoms with Crippen molar-refractivity contribution in [3.05, 3.63) is 32.5 Å². The van der Waals surface area contributed by atoms with Gasteiger partial charge in [-0.15, -0.1) is 0 Å². The van der Waals surface area contributed by atoms with Crippen LogP contribution in [-0.2, 0) is 0 Å². The van der Waals surface area contributed by atoms with E-state index in [9.17, 15) is 9.18 Å². The molecule has 0 saturated heterocycles. The molecule has 5 heteroatoms. The van der Waals surface area contributed by atoms with Crippen molar-refractivity contribution < 1.29 is 14.3 Å². The summed E-state index contributed by atoms with van der Waals surface area (Å²) in [6, 6.07) is 1.32. The lowest BCUT2D eigenvalue weighted by Crippen LogP contribution is -2.01. The van der Waals surface area contributed by atoms with Crippen LogP contribution in [0.2, 0.25) is 5.02 Å². The molecule has 0 atom stereocenters. The number of benzene rings is 1. The maximum Gasteiger partial charge on any atom is 0.337 e. The van der Waals surface area contributed by atoms with Gasteiger partial charge in [0.25, 0.3) is 0 Å². The summed E-state index contributed by atoms with van der Waals surface area (Å²) in [5.41, 5.74) is 0.277. The molecule has 0 aliphatic carbocycles. The van der Waals surface area contributed by atoms with E-state index < -0.39 is 11.8 Å². The molecule has 70 valence electrons. The van der Waals surface area contributed by atoms with Crippen molar-refractivity contribution in [3.8, 4) is 0 Å². The normalized spacial score (nSPS) is 10.2. The van der Waals surface area contributed by atoms with E-state index in [2.05, 4.69) is 15.9 Å². The van der Waals surface area contributed by atoms with Crippen LogP contribution in [0.15, 0.2) is 10.5 Å². The lowest BCUT2D eigenvalue weighted by molar-refractivity contribution is 0.0696. The summed E-state index contributed by atoms with van der Waals surface area (Å²) in [4.78, 5) is 10.6. The number of aromatic carboxylic acids is 1. The van der Waals surface area contributed by atoms with Crippen LogP contribution in [0, 0.1) is 12.7 Å². The smallest absolute Gasteiger partial charge is 0.337 e. The van der Waals surface area contributed by atoms with Crippen LogP contribution in [0.25, 0.3) is 0 Å². The van der Waals surface area contributed by atoms with Crippen molar-refractivity contribution in [2.75, 3.05) is 0 Å². The number of carbonyl (C=O) groups is 1. The highest BCUT2D eigenvalue weighted by atomic mass is 79.9. The summed E-state index contributed by atoms with van der Waals surface area (Å²) < 4.78 is 13.4. The van der Waals surface area contributed by atoms with Gasteiger partial charge in [-0.1, -0.05) is 11.6 Å². The first-order chi connectivity index (χ1) is 5.95. The summed E-state index contributed by atoms with van der Waals surface area (Å²) in [5.74, 6) is -1.97. The fourth-order valence-electron chi connectivity index (χ4n) is 0.887. The summed E-state index contributed by atoms with van der Waals surface area (Å²) in [6.07, 6.45) is 0. The molecule has 0 aromatic heterocycles. The van der Waals surface area contributed by atoms with Gasteiger partial charge in [-0.3, -0.25) is 0 Å². The van der Waals surface area contributed by atoms with Crippen LogP contribution < -0.4 is 0 Å². The fourth-order valence-corrected chi connectivity index (χ4v) is 1.54. The lowest BCUT2D eigenvalue weighted by Gasteiger charge is -2.05. The van der Waals surface area contributed by atoms with Gasteiger partial charge in [0.2, 0.25) is 0 Å². The van der Waals surface area contributed by atoms with Gasteiger partial charge in [-0.05, 0) is 34.5 Å². The predicted molar refractivity (Wildman–Crippen MR) is 50.8 cm³/mol. The van der Waals surface area contributed by atoms with E-state index in [-0.39, 0.29) is 15.1 Å². The third kappa shape index (κ3) is 1.84. The molecular formula is C8H5BrClFO2. The Morgan fingerprint density at radius 3 is 2.69 bits per heavy atom. The van der Waals surface area contributed by atoms with Gasteiger partial charge in [0, 0.05) is 0 Å². The molecule has 0 unspecified atom stereocenters. The van der Waals surface area contributed by atoms with Crippen molar-refractivity contribution in [1.82, 2.24) is 0 Å². The van der Waals surface area contributed by atoms with Gasteiger partial charge >= 0.3 is 5.97 Å². The highest BCUT2D eigenvalue weighted by Gasteiger charge is 2.17. The molecule has 0 aliphatic rings. The minimum atomic E-state index is -1.24. The number of halogens is 3. The monoisotopic (exact) mass is 266 g/mol. The van der Waals surface area contributed by atoms with E-state index in [1.54, 1.807) is 6.92 Å². The van der Waals surface area contributed by atoms with Crippen molar-refractivity contribution in [2.45, 2.75) is 6.92 Å². The fraction of sp³-hybridized carbons (Fsp3) is 0.125. The van der Waals surface area contributed by atoms with E-state index in [0.29, 0.717) is 5.56 Å². The van der Waals surface area contributed by atoms with Crippen molar-refractivity contribution in [3.63, 3.8) is 0 Å². The molecule has 0 saturated carbocycles. The molecule has 1 aromatic rings. The highest BCUT2D eigenvalue weighted by molar-refractivity contribution is 9.10. The van der Waals surface area contributed by atoms with Crippen LogP contribution in [0.4, 0.5) is 4.39 Å². The van der Waals surface area contributed by atoms with Crippen molar-refractivity contribution in [1.29, 1.82) is 0 Å². The summed E-state index contributed by atoms with van der Waals surface area (Å²) >= 11 is 8.44. The molecule has 0 fully saturated rings. The molecule has 1 rings (SSSR count). The van der Waals surface area contributed by atoms with E-state index >= 15 is 0 Å². The first kappa shape index (κ1) is 10.5. The Labute approximate surface area is 87.5 Å². The van der Waals surface area contributed by atoms with Crippen molar-refractivity contribution in [2.24, 2.45) is 0 Å². The number of carboxylic acids is 1. The zero-order valence-electron chi connectivity index (χ0n) is 6.57. The van der Waals surface area contributed by atoms with Crippen molar-refractivity contribution >= 4 is 33.5 Å². The number of hydrogen-bond acceptors (Lipinski definition) is 1. The van der Waals surface area contributed by atoms with E-state index in [4.69, 9.17) is 16.7 Å². The molecule has 2 nitrogen and oxygen atoms in total. The van der Waals surface area contributed by atoms with E-state index in [0.717, 1.165) is 0 Å². The van der Waals surface area contributed by atoms with E-state index in [1.165, 1.54) is 6.07 Å². The Hall–Kier alpha value is -0.610. The van der Waals surface area contributed by atoms with Gasteiger partial charge in [-0.25, -0.2) is 9.18 Å². The second-order valence-corrected chi connectivity index (χ2v) is 3.66. The quantitative estimate of drug-likeness (QED) is 0.793. The standard InChI is InChI=1S/C8H5BrClFO2/c1-3-2-4(8(12)13)6(10)7(11)5(3)9/h2H,1H3,(H,12,13). The van der Waals surface area contributed by atoms with Crippen LogP contribution in [0.1, 0.15) is 15.9 Å². The van der Waals surface area contributed by atoms with Crippen LogP contribution in [0.3, 0.4) is 0 Å². The van der Waals surface area contributed by atoms with Gasteiger partial charge in [0.1, 0.15) is 0 Å².